The van der Waals surface area contributed by atoms with E-state index < -0.39 is 0 Å². The van der Waals surface area contributed by atoms with Crippen LogP contribution >= 0.6 is 0 Å². The Morgan fingerprint density at radius 3 is 1.80 bits per heavy atom. The summed E-state index contributed by atoms with van der Waals surface area (Å²) < 4.78 is 5.13. The lowest BCUT2D eigenvalue weighted by atomic mass is 10.2. The van der Waals surface area contributed by atoms with Gasteiger partial charge in [-0.15, -0.1) is 0 Å². The fourth-order valence-electron chi connectivity index (χ4n) is 2.39. The van der Waals surface area contributed by atoms with E-state index in [0.29, 0.717) is 0 Å². The molecule has 3 aromatic rings. The molecular formula is C22H17NO2. The van der Waals surface area contributed by atoms with E-state index in [2.05, 4.69) is 11.8 Å². The van der Waals surface area contributed by atoms with Gasteiger partial charge in [0.25, 0.3) is 0 Å². The number of carbonyl (C=O) groups excluding carboxylic acids is 1. The van der Waals surface area contributed by atoms with Crippen LogP contribution in [0.4, 0.5) is 11.4 Å². The molecule has 0 heterocycles. The number of rotatable bonds is 3. The molecule has 0 bridgehead atoms. The predicted octanol–water partition coefficient (Wildman–Crippen LogP) is 4.41. The largest absolute Gasteiger partial charge is 0.497 e. The van der Waals surface area contributed by atoms with Crippen LogP contribution in [0.2, 0.25) is 0 Å². The van der Waals surface area contributed by atoms with E-state index in [1.54, 1.807) is 12.0 Å². The minimum atomic E-state index is -0.284. The van der Waals surface area contributed by atoms with Gasteiger partial charge in [-0.05, 0) is 48.5 Å². The molecule has 0 aliphatic carbocycles. The van der Waals surface area contributed by atoms with Gasteiger partial charge >= 0.3 is 5.91 Å². The first-order chi connectivity index (χ1) is 12.3. The fourth-order valence-corrected chi connectivity index (χ4v) is 2.39. The third kappa shape index (κ3) is 4.07. The molecule has 0 saturated heterocycles. The molecule has 0 atom stereocenters. The molecule has 0 N–H and O–H groups in total. The summed E-state index contributed by atoms with van der Waals surface area (Å²) in [6.45, 7) is 0. The van der Waals surface area contributed by atoms with Gasteiger partial charge in [-0.1, -0.05) is 42.3 Å². The van der Waals surface area contributed by atoms with Gasteiger partial charge in [0.2, 0.25) is 0 Å². The van der Waals surface area contributed by atoms with Crippen LogP contribution in [0.1, 0.15) is 5.56 Å². The first-order valence-corrected chi connectivity index (χ1v) is 7.88. The second-order valence-corrected chi connectivity index (χ2v) is 5.29. The number of amides is 1. The average molecular weight is 327 g/mol. The maximum atomic E-state index is 12.8. The molecule has 0 aliphatic heterocycles. The van der Waals surface area contributed by atoms with Crippen molar-refractivity contribution < 1.29 is 9.53 Å². The zero-order valence-corrected chi connectivity index (χ0v) is 13.8. The summed E-state index contributed by atoms with van der Waals surface area (Å²) in [5.74, 6) is 6.12. The summed E-state index contributed by atoms with van der Waals surface area (Å²) in [4.78, 5) is 14.4. The van der Waals surface area contributed by atoms with Crippen LogP contribution < -0.4 is 9.64 Å². The van der Waals surface area contributed by atoms with Crippen LogP contribution in [0.25, 0.3) is 0 Å². The van der Waals surface area contributed by atoms with E-state index in [-0.39, 0.29) is 5.91 Å². The van der Waals surface area contributed by atoms with Gasteiger partial charge < -0.3 is 4.74 Å². The maximum Gasteiger partial charge on any atom is 0.307 e. The molecule has 3 rings (SSSR count). The Bertz CT molecular complexity index is 852. The van der Waals surface area contributed by atoms with Crippen molar-refractivity contribution >= 4 is 17.3 Å². The summed E-state index contributed by atoms with van der Waals surface area (Å²) >= 11 is 0. The highest BCUT2D eigenvalue weighted by molar-refractivity contribution is 6.11. The van der Waals surface area contributed by atoms with Gasteiger partial charge in [0.15, 0.2) is 0 Å². The van der Waals surface area contributed by atoms with E-state index >= 15 is 0 Å². The molecular weight excluding hydrogens is 310 g/mol. The van der Waals surface area contributed by atoms with E-state index in [0.717, 1.165) is 22.7 Å². The molecule has 3 heteroatoms. The first-order valence-electron chi connectivity index (χ1n) is 7.88. The van der Waals surface area contributed by atoms with Crippen molar-refractivity contribution in [3.63, 3.8) is 0 Å². The van der Waals surface area contributed by atoms with E-state index in [4.69, 9.17) is 4.74 Å². The van der Waals surface area contributed by atoms with Crippen molar-refractivity contribution in [2.24, 2.45) is 0 Å². The Morgan fingerprint density at radius 2 is 1.32 bits per heavy atom. The molecule has 0 fully saturated rings. The Morgan fingerprint density at radius 1 is 0.800 bits per heavy atom. The van der Waals surface area contributed by atoms with Crippen LogP contribution in [-0.2, 0) is 4.79 Å². The quantitative estimate of drug-likeness (QED) is 0.667. The van der Waals surface area contributed by atoms with Gasteiger partial charge in [-0.2, -0.15) is 0 Å². The third-order valence-electron chi connectivity index (χ3n) is 3.64. The minimum Gasteiger partial charge on any atom is -0.497 e. The van der Waals surface area contributed by atoms with E-state index in [9.17, 15) is 4.79 Å². The summed E-state index contributed by atoms with van der Waals surface area (Å²) in [5.41, 5.74) is 2.32. The summed E-state index contributed by atoms with van der Waals surface area (Å²) in [7, 11) is 1.61. The van der Waals surface area contributed by atoms with E-state index in [1.807, 2.05) is 84.9 Å². The second kappa shape index (κ2) is 7.85. The van der Waals surface area contributed by atoms with Crippen molar-refractivity contribution in [1.29, 1.82) is 0 Å². The monoisotopic (exact) mass is 327 g/mol. The summed E-state index contributed by atoms with van der Waals surface area (Å²) in [6.07, 6.45) is 0. The lowest BCUT2D eigenvalue weighted by molar-refractivity contribution is -0.112. The molecule has 122 valence electrons. The van der Waals surface area contributed by atoms with Gasteiger partial charge in [0, 0.05) is 22.9 Å². The molecule has 0 aliphatic rings. The molecule has 0 radical (unpaired) electrons. The SMILES string of the molecule is COc1ccc(C#CC(=O)N(c2ccccc2)c2ccccc2)cc1. The Labute approximate surface area is 147 Å². The molecule has 0 unspecified atom stereocenters. The minimum absolute atomic E-state index is 0.284. The molecule has 3 aromatic carbocycles. The van der Waals surface area contributed by atoms with Crippen LogP contribution in [0.5, 0.6) is 5.75 Å². The van der Waals surface area contributed by atoms with Crippen molar-refractivity contribution in [3.05, 3.63) is 90.5 Å². The lowest BCUT2D eigenvalue weighted by Gasteiger charge is -2.20. The maximum absolute atomic E-state index is 12.8. The highest BCUT2D eigenvalue weighted by Crippen LogP contribution is 2.24. The predicted molar refractivity (Wildman–Crippen MR) is 99.9 cm³/mol. The Kier molecular flexibility index (Phi) is 5.13. The zero-order valence-electron chi connectivity index (χ0n) is 13.8. The fraction of sp³-hybridized carbons (Fsp3) is 0.0455. The Balaban J connectivity index is 1.91. The normalized spacial score (nSPS) is 9.64. The molecule has 25 heavy (non-hydrogen) atoms. The molecule has 0 saturated carbocycles. The number of para-hydroxylation sites is 2. The van der Waals surface area contributed by atoms with Crippen molar-refractivity contribution in [2.45, 2.75) is 0 Å². The number of hydrogen-bond donors (Lipinski definition) is 0. The molecule has 1 amide bonds. The highest BCUT2D eigenvalue weighted by atomic mass is 16.5. The summed E-state index contributed by atoms with van der Waals surface area (Å²) in [5, 5.41) is 0. The van der Waals surface area contributed by atoms with Crippen LogP contribution in [0, 0.1) is 11.8 Å². The smallest absolute Gasteiger partial charge is 0.307 e. The van der Waals surface area contributed by atoms with Crippen molar-refractivity contribution in [1.82, 2.24) is 0 Å². The summed E-state index contributed by atoms with van der Waals surface area (Å²) in [6, 6.07) is 26.3. The van der Waals surface area contributed by atoms with Crippen molar-refractivity contribution in [3.8, 4) is 17.6 Å². The number of hydrogen-bond acceptors (Lipinski definition) is 2. The molecule has 3 nitrogen and oxygen atoms in total. The first kappa shape index (κ1) is 16.4. The number of anilines is 2. The number of nitrogens with zero attached hydrogens (tertiary/aromatic N) is 1. The lowest BCUT2D eigenvalue weighted by Crippen LogP contribution is -2.24. The highest BCUT2D eigenvalue weighted by Gasteiger charge is 2.15. The number of methoxy groups -OCH3 is 1. The van der Waals surface area contributed by atoms with Gasteiger partial charge in [0.05, 0.1) is 7.11 Å². The van der Waals surface area contributed by atoms with Gasteiger partial charge in [-0.3, -0.25) is 9.69 Å². The third-order valence-corrected chi connectivity index (χ3v) is 3.64. The number of carbonyl (C=O) groups is 1. The molecule has 0 spiro atoms. The number of benzene rings is 3. The van der Waals surface area contributed by atoms with Crippen LogP contribution in [0.3, 0.4) is 0 Å². The molecule has 0 aromatic heterocycles. The van der Waals surface area contributed by atoms with E-state index in [1.165, 1.54) is 0 Å². The Hall–Kier alpha value is -3.51. The van der Waals surface area contributed by atoms with Gasteiger partial charge in [0.1, 0.15) is 5.75 Å². The second-order valence-electron chi connectivity index (χ2n) is 5.29. The van der Waals surface area contributed by atoms with Crippen LogP contribution in [0.15, 0.2) is 84.9 Å². The van der Waals surface area contributed by atoms with Crippen molar-refractivity contribution in [2.75, 3.05) is 12.0 Å². The number of ether oxygens (including phenoxy) is 1. The zero-order chi connectivity index (χ0) is 17.5. The van der Waals surface area contributed by atoms with Crippen LogP contribution in [-0.4, -0.2) is 13.0 Å². The standard InChI is InChI=1S/C22H17NO2/c1-25-21-15-12-18(13-16-21)14-17-22(24)23(19-8-4-2-5-9-19)20-10-6-3-7-11-20/h2-13,15-16H,1H3. The average Bonchev–Trinajstić information content (AvgIpc) is 2.69. The van der Waals surface area contributed by atoms with Gasteiger partial charge in [-0.25, -0.2) is 0 Å². The topological polar surface area (TPSA) is 29.5 Å².